The van der Waals surface area contributed by atoms with E-state index in [0.29, 0.717) is 12.8 Å². The number of hydrogen-bond donors (Lipinski definition) is 5. The maximum absolute atomic E-state index is 14.5. The number of methoxy groups -OCH3 is 1. The number of carbonyl (C=O) groups excluding carboxylic acids is 5. The van der Waals surface area contributed by atoms with Crippen molar-refractivity contribution in [3.05, 3.63) is 58.0 Å². The van der Waals surface area contributed by atoms with Crippen LogP contribution in [0.4, 0.5) is 0 Å². The number of Topliss-reactive ketones (excluding diaryl/α,β-unsaturated/α-hetero) is 2. The molecule has 1 amide bonds. The Labute approximate surface area is 342 Å². The lowest BCUT2D eigenvalue weighted by Gasteiger charge is -2.37. The Morgan fingerprint density at radius 3 is 2.29 bits per heavy atom. The number of aromatic hydroxyl groups is 1. The molecule has 0 aromatic heterocycles. The van der Waals surface area contributed by atoms with Crippen LogP contribution in [0.3, 0.4) is 0 Å². The number of aliphatic hydroxyl groups excluding tert-OH is 3. The Balaban J connectivity index is 1.48. The van der Waals surface area contributed by atoms with Gasteiger partial charge < -0.3 is 49.4 Å². The van der Waals surface area contributed by atoms with Gasteiger partial charge in [0.15, 0.2) is 12.1 Å². The van der Waals surface area contributed by atoms with Gasteiger partial charge >= 0.3 is 11.8 Å². The molecule has 0 spiro atoms. The van der Waals surface area contributed by atoms with Crippen molar-refractivity contribution in [3.63, 3.8) is 0 Å². The smallest absolute Gasteiger partial charge is 0.312 e. The van der Waals surface area contributed by atoms with Crippen LogP contribution in [-0.2, 0) is 33.3 Å². The molecule has 6 aliphatic rings. The quantitative estimate of drug-likeness (QED) is 0.276. The average molecular weight is 823 g/mol. The molecule has 1 aromatic rings. The van der Waals surface area contributed by atoms with Gasteiger partial charge in [0.1, 0.15) is 17.6 Å². The number of phenols is 1. The molecule has 1 saturated carbocycles. The second-order valence-corrected chi connectivity index (χ2v) is 16.6. The van der Waals surface area contributed by atoms with Crippen LogP contribution in [0.1, 0.15) is 99.6 Å². The molecule has 0 radical (unpaired) electrons. The van der Waals surface area contributed by atoms with E-state index in [4.69, 9.17) is 28.7 Å². The lowest BCUT2D eigenvalue weighted by atomic mass is 9.79. The number of fused-ring (bicyclic) bond motifs is 12. The molecule has 2 fully saturated rings. The maximum atomic E-state index is 14.5. The number of nitrogens with one attached hydrogen (secondary N) is 1. The number of benzene rings is 1. The monoisotopic (exact) mass is 822 g/mol. The first-order chi connectivity index (χ1) is 27.7. The van der Waals surface area contributed by atoms with Crippen molar-refractivity contribution < 1.29 is 68.1 Å². The van der Waals surface area contributed by atoms with Gasteiger partial charge in [0.2, 0.25) is 5.78 Å². The van der Waals surface area contributed by atoms with Gasteiger partial charge in [0, 0.05) is 67.7 Å². The van der Waals surface area contributed by atoms with Crippen molar-refractivity contribution in [2.75, 3.05) is 7.11 Å². The summed E-state index contributed by atoms with van der Waals surface area (Å²) in [5, 5.41) is 47.2. The van der Waals surface area contributed by atoms with Crippen molar-refractivity contribution in [1.29, 1.82) is 0 Å². The van der Waals surface area contributed by atoms with Gasteiger partial charge in [-0.3, -0.25) is 29.0 Å². The number of nitrogens with zero attached hydrogens (tertiary/aromatic N) is 1. The van der Waals surface area contributed by atoms with Gasteiger partial charge in [-0.05, 0) is 57.8 Å². The molecule has 320 valence electrons. The van der Waals surface area contributed by atoms with Gasteiger partial charge in [-0.2, -0.15) is 0 Å². The molecular formula is C43H54N2O14. The summed E-state index contributed by atoms with van der Waals surface area (Å²) in [6, 6.07) is -0.576. The molecule has 1 aromatic carbocycles. The summed E-state index contributed by atoms with van der Waals surface area (Å²) in [7, 11) is 1.42. The highest BCUT2D eigenvalue weighted by Gasteiger charge is 2.52. The van der Waals surface area contributed by atoms with Gasteiger partial charge in [-0.1, -0.05) is 20.8 Å². The third-order valence-corrected chi connectivity index (χ3v) is 12.4. The van der Waals surface area contributed by atoms with Crippen LogP contribution in [0.2, 0.25) is 0 Å². The molecule has 16 heteroatoms. The van der Waals surface area contributed by atoms with Crippen LogP contribution >= 0.6 is 0 Å². The van der Waals surface area contributed by atoms with Crippen LogP contribution in [0.25, 0.3) is 0 Å². The highest BCUT2D eigenvalue weighted by Crippen LogP contribution is 2.49. The number of rotatable bonds is 3. The molecule has 1 saturated heterocycles. The first-order valence-electron chi connectivity index (χ1n) is 20.0. The van der Waals surface area contributed by atoms with Crippen molar-refractivity contribution in [3.8, 4) is 11.5 Å². The molecule has 0 unspecified atom stereocenters. The number of hydrogen-bond acceptors (Lipinski definition) is 15. The van der Waals surface area contributed by atoms with E-state index in [1.54, 1.807) is 27.7 Å². The zero-order chi connectivity index (χ0) is 43.4. The summed E-state index contributed by atoms with van der Waals surface area (Å²) in [5.74, 6) is -9.25. The Morgan fingerprint density at radius 2 is 1.64 bits per heavy atom. The first kappa shape index (κ1) is 43.8. The van der Waals surface area contributed by atoms with Crippen LogP contribution in [0.15, 0.2) is 40.8 Å². The van der Waals surface area contributed by atoms with E-state index >= 15 is 0 Å². The maximum Gasteiger partial charge on any atom is 0.312 e. The van der Waals surface area contributed by atoms with E-state index in [-0.39, 0.29) is 51.4 Å². The predicted octanol–water partition coefficient (Wildman–Crippen LogP) is 3.14. The molecule has 59 heavy (non-hydrogen) atoms. The number of amides is 1. The van der Waals surface area contributed by atoms with Crippen molar-refractivity contribution in [1.82, 2.24) is 5.32 Å². The van der Waals surface area contributed by atoms with E-state index in [2.05, 4.69) is 5.32 Å². The third kappa shape index (κ3) is 8.25. The van der Waals surface area contributed by atoms with Gasteiger partial charge in [0.25, 0.3) is 11.7 Å². The van der Waals surface area contributed by atoms with Crippen LogP contribution in [0.5, 0.6) is 11.5 Å². The lowest BCUT2D eigenvalue weighted by molar-refractivity contribution is -0.162. The third-order valence-electron chi connectivity index (χ3n) is 12.4. The molecule has 2 aliphatic carbocycles. The summed E-state index contributed by atoms with van der Waals surface area (Å²) >= 11 is 0. The Morgan fingerprint density at radius 1 is 0.949 bits per heavy atom. The second kappa shape index (κ2) is 16.7. The highest BCUT2D eigenvalue weighted by molar-refractivity contribution is 6.32. The van der Waals surface area contributed by atoms with E-state index in [9.17, 15) is 44.4 Å². The van der Waals surface area contributed by atoms with Crippen molar-refractivity contribution in [2.45, 2.75) is 123 Å². The fourth-order valence-corrected chi connectivity index (χ4v) is 8.69. The molecule has 4 aliphatic heterocycles. The zero-order valence-electron chi connectivity index (χ0n) is 34.7. The average Bonchev–Trinajstić information content (AvgIpc) is 3.94. The summed E-state index contributed by atoms with van der Waals surface area (Å²) < 4.78 is 29.3. The topological polar surface area (TPSA) is 237 Å². The van der Waals surface area contributed by atoms with Gasteiger partial charge in [0.05, 0.1) is 59.3 Å². The summed E-state index contributed by atoms with van der Waals surface area (Å²) in [5.41, 5.74) is -0.683. The Bertz CT molecular complexity index is 2050. The SMILES string of the molecule is CO[C@H]1C=CO[C@]2(C)Oc3c(C)c(O)c4c(c3C2=O)C(=N[C@@H]2CC[C@@H](O)O[C@@H]2C)C=C(NC(=O)C(C)=CC(=O)[C@H]2C[C@@H]2[C@H](O)[C@@H](C)[C@@H](O)[C@@H](C)[C@@H](OC(C)=O)[C@@H]1C)C4=O. The predicted molar refractivity (Wildman–Crippen MR) is 209 cm³/mol. The van der Waals surface area contributed by atoms with Gasteiger partial charge in [-0.25, -0.2) is 0 Å². The number of carbonyl (C=O) groups is 5. The lowest BCUT2D eigenvalue weighted by Crippen LogP contribution is -2.46. The normalized spacial score (nSPS) is 37.2. The molecule has 7 rings (SSSR count). The summed E-state index contributed by atoms with van der Waals surface area (Å²) in [4.78, 5) is 73.1. The van der Waals surface area contributed by atoms with Gasteiger partial charge in [-0.15, -0.1) is 0 Å². The molecule has 13 atom stereocenters. The van der Waals surface area contributed by atoms with E-state index < -0.39 is 113 Å². The van der Waals surface area contributed by atoms with Crippen LogP contribution in [0, 0.1) is 36.5 Å². The first-order valence-corrected chi connectivity index (χ1v) is 20.0. The summed E-state index contributed by atoms with van der Waals surface area (Å²) in [6.45, 7) is 12.2. The largest absolute Gasteiger partial charge is 0.507 e. The molecular weight excluding hydrogens is 768 g/mol. The van der Waals surface area contributed by atoms with Crippen LogP contribution in [-0.4, -0.2) is 111 Å². The van der Waals surface area contributed by atoms with E-state index in [0.717, 1.165) is 6.08 Å². The Kier molecular flexibility index (Phi) is 12.4. The number of aliphatic hydroxyl groups is 3. The summed E-state index contributed by atoms with van der Waals surface area (Å²) in [6.07, 6.45) is 0.385. The highest BCUT2D eigenvalue weighted by atomic mass is 16.7. The number of phenolic OH excluding ortho intramolecular Hbond substituents is 1. The minimum atomic E-state index is -2.03. The minimum absolute atomic E-state index is 0.0441. The van der Waals surface area contributed by atoms with E-state index in [1.165, 1.54) is 53.2 Å². The zero-order valence-corrected chi connectivity index (χ0v) is 34.7. The fourth-order valence-electron chi connectivity index (χ4n) is 8.69. The Hall–Kier alpha value is -4.74. The van der Waals surface area contributed by atoms with Crippen molar-refractivity contribution >= 4 is 34.9 Å². The number of aliphatic imine (C=N–C) groups is 1. The number of allylic oxidation sites excluding steroid dienone is 3. The molecule has 5 bridgehead atoms. The van der Waals surface area contributed by atoms with E-state index in [1.807, 2.05) is 0 Å². The minimum Gasteiger partial charge on any atom is -0.507 e. The number of esters is 1. The van der Waals surface area contributed by atoms with Crippen molar-refractivity contribution in [2.24, 2.45) is 34.6 Å². The molecule has 16 nitrogen and oxygen atoms in total. The number of ketones is 3. The second-order valence-electron chi connectivity index (χ2n) is 16.6. The molecule has 5 N–H and O–H groups in total. The molecule has 4 heterocycles. The fraction of sp³-hybridized carbons (Fsp3) is 0.581. The number of ether oxygens (including phenoxy) is 5. The standard InChI is InChI=1S/C43H54N2O14/c1-17-14-29(47)24-15-25(24)36(50)19(3)35(49)20(4)39(58-23(7)46)18(2)30(55-9)12-13-56-43(8)41(53)34-32-27(44-26-10-11-31(48)57-22(26)6)16-28(45-42(17)54)38(52)33(32)37(51)21(5)40(34)59-43/h12-14,16,18-20,22,24-26,30-31,35-36,39,48-51H,10-11,15H2,1-9H3,(H,45,54)/t18-,19+,20-,22-,24+,25+,26-,30+,31+,35-,36-,39+,43-/m1/s1. The van der Waals surface area contributed by atoms with Crippen LogP contribution < -0.4 is 10.1 Å².